The summed E-state index contributed by atoms with van der Waals surface area (Å²) in [5.74, 6) is 0. The van der Waals surface area contributed by atoms with E-state index in [-0.39, 0.29) is 20.1 Å². The van der Waals surface area contributed by atoms with E-state index in [1.807, 2.05) is 97.1 Å². The average Bonchev–Trinajstić information content (AvgIpc) is 2.92. The van der Waals surface area contributed by atoms with Gasteiger partial charge in [0.25, 0.3) is 0 Å². The maximum absolute atomic E-state index is 6.25. The fourth-order valence-electron chi connectivity index (χ4n) is 2.89. The van der Waals surface area contributed by atoms with E-state index < -0.39 is 0 Å². The molecule has 0 fully saturated rings. The molecule has 0 aliphatic rings. The summed E-state index contributed by atoms with van der Waals surface area (Å²) < 4.78 is 0. The summed E-state index contributed by atoms with van der Waals surface area (Å²) in [7, 11) is 0. The summed E-state index contributed by atoms with van der Waals surface area (Å²) in [6, 6.07) is 37.9. The molecule has 0 saturated heterocycles. The second kappa shape index (κ2) is 14.2. The molecule has 2 aromatic carbocycles. The molecule has 0 amide bonds. The SMILES string of the molecule is [C-]#N.[Ir+3].[c-]1c(-c2ccccn2)cccc1-c1ccccn1.[c-]1ccccc1-c1ccccn1. The van der Waals surface area contributed by atoms with Gasteiger partial charge >= 0.3 is 20.1 Å². The Kier molecular flexibility index (Phi) is 10.9. The molecule has 5 aromatic rings. The van der Waals surface area contributed by atoms with Gasteiger partial charge < -0.3 is 16.8 Å². The van der Waals surface area contributed by atoms with Gasteiger partial charge in [-0.2, -0.15) is 0 Å². The molecule has 0 atom stereocenters. The Hall–Kier alpha value is -3.97. The van der Waals surface area contributed by atoms with Crippen LogP contribution in [-0.2, 0) is 20.1 Å². The average molecular weight is 604 g/mol. The summed E-state index contributed by atoms with van der Waals surface area (Å²) in [6.07, 6.45) is 5.36. The largest absolute Gasteiger partial charge is 3.00 e. The first kappa shape index (κ1) is 25.3. The Morgan fingerprint density at radius 1 is 0.515 bits per heavy atom. The molecule has 5 heteroatoms. The smallest absolute Gasteiger partial charge is 0.512 e. The number of hydrogen-bond acceptors (Lipinski definition) is 4. The third kappa shape index (κ3) is 7.59. The molecule has 0 saturated carbocycles. The fourth-order valence-corrected chi connectivity index (χ4v) is 2.89. The molecular formula is C28H19IrN4. The Bertz CT molecular complexity index is 1120. The third-order valence-corrected chi connectivity index (χ3v) is 4.33. The number of nitrogens with zero attached hydrogens (tertiary/aromatic N) is 4. The van der Waals surface area contributed by atoms with Crippen LogP contribution in [0.15, 0.2) is 116 Å². The van der Waals surface area contributed by atoms with Gasteiger partial charge in [-0.25, -0.2) is 0 Å². The van der Waals surface area contributed by atoms with Gasteiger partial charge in [-0.15, -0.1) is 60.2 Å². The van der Waals surface area contributed by atoms with E-state index >= 15 is 0 Å². The topological polar surface area (TPSA) is 62.5 Å². The number of aromatic nitrogens is 3. The molecular weight excluding hydrogens is 585 g/mol. The normalized spacial score (nSPS) is 9.15. The molecule has 0 aliphatic heterocycles. The van der Waals surface area contributed by atoms with Crippen molar-refractivity contribution in [3.05, 3.63) is 134 Å². The van der Waals surface area contributed by atoms with Crippen molar-refractivity contribution in [1.29, 1.82) is 5.26 Å². The molecule has 0 spiro atoms. The van der Waals surface area contributed by atoms with Gasteiger partial charge in [0.05, 0.1) is 0 Å². The summed E-state index contributed by atoms with van der Waals surface area (Å²) in [5.41, 5.74) is 5.83. The van der Waals surface area contributed by atoms with E-state index in [0.717, 1.165) is 33.8 Å². The molecule has 0 radical (unpaired) electrons. The first-order chi connectivity index (χ1) is 15.9. The molecule has 5 rings (SSSR count). The van der Waals surface area contributed by atoms with Gasteiger partial charge in [0.1, 0.15) is 0 Å². The van der Waals surface area contributed by atoms with E-state index in [2.05, 4.69) is 27.1 Å². The summed E-state index contributed by atoms with van der Waals surface area (Å²) in [4.78, 5) is 12.9. The molecule has 0 N–H and O–H groups in total. The number of benzene rings is 2. The van der Waals surface area contributed by atoms with Crippen molar-refractivity contribution in [3.8, 4) is 33.8 Å². The molecule has 3 aromatic heterocycles. The molecule has 33 heavy (non-hydrogen) atoms. The molecule has 0 unspecified atom stereocenters. The van der Waals surface area contributed by atoms with Crippen LogP contribution in [0.25, 0.3) is 33.8 Å². The van der Waals surface area contributed by atoms with Crippen LogP contribution < -0.4 is 0 Å². The van der Waals surface area contributed by atoms with Crippen LogP contribution in [0, 0.1) is 24.0 Å². The quantitative estimate of drug-likeness (QED) is 0.229. The minimum absolute atomic E-state index is 0. The second-order valence-electron chi connectivity index (χ2n) is 6.40. The van der Waals surface area contributed by atoms with Crippen molar-refractivity contribution in [2.24, 2.45) is 0 Å². The zero-order valence-electron chi connectivity index (χ0n) is 17.6. The van der Waals surface area contributed by atoms with Crippen molar-refractivity contribution < 1.29 is 20.1 Å². The van der Waals surface area contributed by atoms with Crippen LogP contribution in [0.3, 0.4) is 0 Å². The zero-order valence-corrected chi connectivity index (χ0v) is 20.0. The molecule has 0 aliphatic carbocycles. The van der Waals surface area contributed by atoms with Crippen molar-refractivity contribution in [2.45, 2.75) is 0 Å². The molecule has 4 nitrogen and oxygen atoms in total. The number of hydrogen-bond donors (Lipinski definition) is 0. The van der Waals surface area contributed by atoms with Gasteiger partial charge in [0, 0.05) is 30.0 Å². The standard InChI is InChI=1S/C16H11N2.C11H8N.CN.Ir/c1-3-10-17-15(8-1)13-6-5-7-14(12-13)16-9-2-4-11-18-16;1-2-6-10(7-3-1)11-8-4-5-9-12-11;1-2;/h1-11H;1-6,8-9H;;/q3*-1;+3. The van der Waals surface area contributed by atoms with Gasteiger partial charge in [-0.05, 0) is 23.9 Å². The van der Waals surface area contributed by atoms with E-state index in [4.69, 9.17) is 11.8 Å². The van der Waals surface area contributed by atoms with Crippen molar-refractivity contribution in [2.75, 3.05) is 0 Å². The maximum atomic E-state index is 6.25. The summed E-state index contributed by atoms with van der Waals surface area (Å²) in [5, 5.41) is 6.25. The van der Waals surface area contributed by atoms with Crippen LogP contribution >= 0.6 is 0 Å². The Labute approximate surface area is 208 Å². The van der Waals surface area contributed by atoms with Crippen LogP contribution in [0.4, 0.5) is 0 Å². The van der Waals surface area contributed by atoms with Crippen LogP contribution in [0.5, 0.6) is 0 Å². The maximum Gasteiger partial charge on any atom is 3.00 e. The van der Waals surface area contributed by atoms with Crippen molar-refractivity contribution >= 4 is 0 Å². The first-order valence-electron chi connectivity index (χ1n) is 9.86. The second-order valence-corrected chi connectivity index (χ2v) is 6.40. The number of pyridine rings is 3. The Morgan fingerprint density at radius 3 is 1.33 bits per heavy atom. The van der Waals surface area contributed by atoms with E-state index in [0.29, 0.717) is 0 Å². The zero-order chi connectivity index (χ0) is 22.4. The van der Waals surface area contributed by atoms with Gasteiger partial charge in [0.15, 0.2) is 0 Å². The van der Waals surface area contributed by atoms with E-state index in [1.54, 1.807) is 18.6 Å². The minimum atomic E-state index is 0. The Balaban J connectivity index is 0.000000225. The van der Waals surface area contributed by atoms with Crippen LogP contribution in [0.1, 0.15) is 0 Å². The minimum Gasteiger partial charge on any atom is -0.512 e. The van der Waals surface area contributed by atoms with Gasteiger partial charge in [-0.1, -0.05) is 47.5 Å². The molecule has 160 valence electrons. The van der Waals surface area contributed by atoms with Gasteiger partial charge in [-0.3, -0.25) is 9.97 Å². The summed E-state index contributed by atoms with van der Waals surface area (Å²) >= 11 is 0. The van der Waals surface area contributed by atoms with Crippen molar-refractivity contribution in [3.63, 3.8) is 0 Å². The van der Waals surface area contributed by atoms with E-state index in [9.17, 15) is 0 Å². The number of rotatable bonds is 3. The predicted molar refractivity (Wildman–Crippen MR) is 125 cm³/mol. The summed E-state index contributed by atoms with van der Waals surface area (Å²) in [6.45, 7) is 4.75. The van der Waals surface area contributed by atoms with E-state index in [1.165, 1.54) is 0 Å². The fraction of sp³-hybridized carbons (Fsp3) is 0. The monoisotopic (exact) mass is 604 g/mol. The van der Waals surface area contributed by atoms with Crippen LogP contribution in [-0.4, -0.2) is 15.0 Å². The van der Waals surface area contributed by atoms with Crippen LogP contribution in [0.2, 0.25) is 0 Å². The third-order valence-electron chi connectivity index (χ3n) is 4.33. The predicted octanol–water partition coefficient (Wildman–Crippen LogP) is 6.25. The molecule has 3 heterocycles. The molecule has 0 bridgehead atoms. The Morgan fingerprint density at radius 2 is 0.939 bits per heavy atom. The first-order valence-corrected chi connectivity index (χ1v) is 9.86. The van der Waals surface area contributed by atoms with Gasteiger partial charge in [0.2, 0.25) is 0 Å². The van der Waals surface area contributed by atoms with Crippen molar-refractivity contribution in [1.82, 2.24) is 15.0 Å².